The predicted octanol–water partition coefficient (Wildman–Crippen LogP) is 4.16. The maximum Gasteiger partial charge on any atom is 0.159 e. The Hall–Kier alpha value is -3.54. The number of hydrogen-bond donors (Lipinski definition) is 3. The third kappa shape index (κ3) is 3.10. The minimum atomic E-state index is 0.460. The number of rotatable bonds is 5. The molecule has 4 rings (SSSR count). The fourth-order valence-electron chi connectivity index (χ4n) is 2.68. The van der Waals surface area contributed by atoms with Gasteiger partial charge in [-0.15, -0.1) is 0 Å². The summed E-state index contributed by atoms with van der Waals surface area (Å²) < 4.78 is 5.31. The van der Waals surface area contributed by atoms with E-state index in [1.165, 1.54) is 6.33 Å². The molecule has 6 heteroatoms. The van der Waals surface area contributed by atoms with Gasteiger partial charge < -0.3 is 20.8 Å². The number of fused-ring (bicyclic) bond motifs is 1. The van der Waals surface area contributed by atoms with Crippen LogP contribution in [0.3, 0.4) is 0 Å². The average Bonchev–Trinajstić information content (AvgIpc) is 3.16. The highest BCUT2D eigenvalue weighted by Crippen LogP contribution is 2.30. The first kappa shape index (κ1) is 15.0. The summed E-state index contributed by atoms with van der Waals surface area (Å²) in [5.41, 5.74) is 7.64. The molecule has 124 valence electrons. The van der Waals surface area contributed by atoms with E-state index in [2.05, 4.69) is 38.8 Å². The van der Waals surface area contributed by atoms with Gasteiger partial charge in [-0.25, -0.2) is 9.97 Å². The number of nitrogen functional groups attached to an aromatic ring is 1. The topological polar surface area (TPSA) is 89.0 Å². The number of nitrogens with zero attached hydrogens (tertiary/aromatic N) is 2. The van der Waals surface area contributed by atoms with E-state index >= 15 is 0 Å². The summed E-state index contributed by atoms with van der Waals surface area (Å²) in [6, 6.07) is 18.0. The van der Waals surface area contributed by atoms with Crippen molar-refractivity contribution in [1.82, 2.24) is 9.97 Å². The molecule has 4 N–H and O–H groups in total. The molecule has 4 aromatic rings. The number of anilines is 4. The van der Waals surface area contributed by atoms with Gasteiger partial charge in [0, 0.05) is 11.1 Å². The second-order valence-corrected chi connectivity index (χ2v) is 5.57. The summed E-state index contributed by atoms with van der Waals surface area (Å²) in [6.07, 6.45) is 3.11. The van der Waals surface area contributed by atoms with E-state index in [1.807, 2.05) is 36.4 Å². The Bertz CT molecular complexity index is 993. The van der Waals surface area contributed by atoms with Gasteiger partial charge in [-0.2, -0.15) is 0 Å². The van der Waals surface area contributed by atoms with Crippen LogP contribution in [0.4, 0.5) is 23.0 Å². The van der Waals surface area contributed by atoms with Crippen LogP contribution in [0.5, 0.6) is 0 Å². The van der Waals surface area contributed by atoms with Crippen molar-refractivity contribution in [2.24, 2.45) is 0 Å². The van der Waals surface area contributed by atoms with Crippen molar-refractivity contribution in [2.45, 2.75) is 6.54 Å². The fourth-order valence-corrected chi connectivity index (χ4v) is 2.68. The van der Waals surface area contributed by atoms with Crippen LogP contribution in [0, 0.1) is 0 Å². The number of nitrogens with two attached hydrogens (primary N) is 1. The van der Waals surface area contributed by atoms with E-state index in [4.69, 9.17) is 10.2 Å². The van der Waals surface area contributed by atoms with Crippen LogP contribution in [0.2, 0.25) is 0 Å². The quantitative estimate of drug-likeness (QED) is 0.509. The van der Waals surface area contributed by atoms with Gasteiger partial charge >= 0.3 is 0 Å². The van der Waals surface area contributed by atoms with Gasteiger partial charge in [-0.3, -0.25) is 0 Å². The van der Waals surface area contributed by atoms with Crippen LogP contribution in [0.1, 0.15) is 5.76 Å². The van der Waals surface area contributed by atoms with Crippen molar-refractivity contribution in [1.29, 1.82) is 0 Å². The highest BCUT2D eigenvalue weighted by molar-refractivity contribution is 5.96. The van der Waals surface area contributed by atoms with Crippen molar-refractivity contribution in [2.75, 3.05) is 16.4 Å². The Balaban J connectivity index is 1.61. The van der Waals surface area contributed by atoms with Crippen molar-refractivity contribution >= 4 is 33.8 Å². The molecule has 0 amide bonds. The van der Waals surface area contributed by atoms with Gasteiger partial charge in [0.05, 0.1) is 12.8 Å². The van der Waals surface area contributed by atoms with Crippen molar-refractivity contribution in [3.63, 3.8) is 0 Å². The first-order valence-electron chi connectivity index (χ1n) is 7.93. The summed E-state index contributed by atoms with van der Waals surface area (Å²) in [7, 11) is 0. The molecule has 2 heterocycles. The first-order chi connectivity index (χ1) is 12.3. The lowest BCUT2D eigenvalue weighted by atomic mass is 10.1. The van der Waals surface area contributed by atoms with Crippen LogP contribution in [-0.2, 0) is 6.54 Å². The third-order valence-corrected chi connectivity index (χ3v) is 3.94. The van der Waals surface area contributed by atoms with E-state index in [9.17, 15) is 0 Å². The Kier molecular flexibility index (Phi) is 3.92. The van der Waals surface area contributed by atoms with Crippen LogP contribution in [0.15, 0.2) is 71.6 Å². The minimum Gasteiger partial charge on any atom is -0.467 e. The molecule has 0 radical (unpaired) electrons. The number of aromatic nitrogens is 2. The number of furan rings is 1. The summed E-state index contributed by atoms with van der Waals surface area (Å²) in [4.78, 5) is 8.49. The lowest BCUT2D eigenvalue weighted by Crippen LogP contribution is -2.07. The first-order valence-corrected chi connectivity index (χ1v) is 7.93. The Morgan fingerprint density at radius 2 is 1.76 bits per heavy atom. The molecule has 0 saturated heterocycles. The average molecular weight is 331 g/mol. The number of benzene rings is 2. The molecule has 0 saturated carbocycles. The molecule has 2 aromatic heterocycles. The van der Waals surface area contributed by atoms with Crippen LogP contribution in [0.25, 0.3) is 10.8 Å². The molecular formula is C19H17N5O. The van der Waals surface area contributed by atoms with E-state index < -0.39 is 0 Å². The summed E-state index contributed by atoms with van der Waals surface area (Å²) in [6.45, 7) is 0.502. The molecule has 0 fully saturated rings. The summed E-state index contributed by atoms with van der Waals surface area (Å²) >= 11 is 0. The van der Waals surface area contributed by atoms with E-state index in [-0.39, 0.29) is 0 Å². The van der Waals surface area contributed by atoms with Gasteiger partial charge in [-0.1, -0.05) is 36.4 Å². The zero-order valence-electron chi connectivity index (χ0n) is 13.4. The second kappa shape index (κ2) is 6.52. The molecule has 0 atom stereocenters. The van der Waals surface area contributed by atoms with Crippen LogP contribution >= 0.6 is 0 Å². The normalized spacial score (nSPS) is 10.7. The van der Waals surface area contributed by atoms with Crippen LogP contribution in [-0.4, -0.2) is 9.97 Å². The predicted molar refractivity (Wildman–Crippen MR) is 99.7 cm³/mol. The fraction of sp³-hybridized carbons (Fsp3) is 0.0526. The van der Waals surface area contributed by atoms with Crippen LogP contribution < -0.4 is 16.4 Å². The molecule has 0 bridgehead atoms. The van der Waals surface area contributed by atoms with Gasteiger partial charge in [0.1, 0.15) is 17.8 Å². The van der Waals surface area contributed by atoms with E-state index in [0.29, 0.717) is 23.9 Å². The van der Waals surface area contributed by atoms with E-state index in [1.54, 1.807) is 6.26 Å². The molecule has 6 nitrogen and oxygen atoms in total. The van der Waals surface area contributed by atoms with Gasteiger partial charge in [0.2, 0.25) is 0 Å². The lowest BCUT2D eigenvalue weighted by molar-refractivity contribution is 0.518. The van der Waals surface area contributed by atoms with Crippen molar-refractivity contribution < 1.29 is 4.42 Å². The third-order valence-electron chi connectivity index (χ3n) is 3.94. The SMILES string of the molecule is Nc1c(NCc2ccco2)ncnc1Nc1cccc2ccccc12. The smallest absolute Gasteiger partial charge is 0.159 e. The molecule has 2 aromatic carbocycles. The molecule has 0 aliphatic carbocycles. The summed E-state index contributed by atoms with van der Waals surface area (Å²) in [5.74, 6) is 1.93. The minimum absolute atomic E-state index is 0.460. The molecule has 0 aliphatic heterocycles. The number of nitrogens with one attached hydrogen (secondary N) is 2. The Morgan fingerprint density at radius 3 is 2.64 bits per heavy atom. The largest absolute Gasteiger partial charge is 0.467 e. The van der Waals surface area contributed by atoms with Crippen molar-refractivity contribution in [3.8, 4) is 0 Å². The highest BCUT2D eigenvalue weighted by atomic mass is 16.3. The van der Waals surface area contributed by atoms with Crippen molar-refractivity contribution in [3.05, 3.63) is 72.9 Å². The zero-order chi connectivity index (χ0) is 17.1. The lowest BCUT2D eigenvalue weighted by Gasteiger charge is -2.13. The maximum atomic E-state index is 6.23. The molecular weight excluding hydrogens is 314 g/mol. The molecule has 0 aliphatic rings. The standard InChI is InChI=1S/C19H17N5O/c20-17-18(21-11-14-7-4-10-25-14)22-12-23-19(17)24-16-9-3-6-13-5-1-2-8-15(13)16/h1-10,12H,11,20H2,(H2,21,22,23,24). The maximum absolute atomic E-state index is 6.23. The second-order valence-electron chi connectivity index (χ2n) is 5.57. The Labute approximate surface area is 144 Å². The highest BCUT2D eigenvalue weighted by Gasteiger charge is 2.10. The summed E-state index contributed by atoms with van der Waals surface area (Å²) in [5, 5.41) is 8.73. The molecule has 25 heavy (non-hydrogen) atoms. The Morgan fingerprint density at radius 1 is 0.920 bits per heavy atom. The molecule has 0 unspecified atom stereocenters. The zero-order valence-corrected chi connectivity index (χ0v) is 13.4. The van der Waals surface area contributed by atoms with E-state index in [0.717, 1.165) is 22.2 Å². The monoisotopic (exact) mass is 331 g/mol. The number of hydrogen-bond acceptors (Lipinski definition) is 6. The van der Waals surface area contributed by atoms with Gasteiger partial charge in [0.15, 0.2) is 11.6 Å². The van der Waals surface area contributed by atoms with Gasteiger partial charge in [0.25, 0.3) is 0 Å². The molecule has 0 spiro atoms. The van der Waals surface area contributed by atoms with Gasteiger partial charge in [-0.05, 0) is 23.6 Å².